The summed E-state index contributed by atoms with van der Waals surface area (Å²) >= 11 is 1.91. The number of fused-ring (bicyclic) bond motifs is 2. The third-order valence-electron chi connectivity index (χ3n) is 7.79. The second kappa shape index (κ2) is 17.0. The lowest BCUT2D eigenvalue weighted by Gasteiger charge is -2.16. The van der Waals surface area contributed by atoms with Gasteiger partial charge in [0.15, 0.2) is 12.3 Å². The van der Waals surface area contributed by atoms with Crippen LogP contribution in [0.3, 0.4) is 0 Å². The highest BCUT2D eigenvalue weighted by Crippen LogP contribution is 2.33. The van der Waals surface area contributed by atoms with E-state index in [9.17, 15) is 24.0 Å². The molecule has 3 amide bonds. The van der Waals surface area contributed by atoms with Crippen LogP contribution in [0.25, 0.3) is 22.6 Å². The highest BCUT2D eigenvalue weighted by molar-refractivity contribution is 8.00. The number of nitrogens with one attached hydrogen (secondary N) is 4. The van der Waals surface area contributed by atoms with E-state index in [1.165, 1.54) is 9.13 Å². The molecule has 15 nitrogen and oxygen atoms in total. The number of ether oxygens (including phenoxy) is 1. The van der Waals surface area contributed by atoms with E-state index in [0.29, 0.717) is 72.6 Å². The van der Waals surface area contributed by atoms with Gasteiger partial charge in [0.05, 0.1) is 12.1 Å². The van der Waals surface area contributed by atoms with Crippen molar-refractivity contribution in [2.24, 2.45) is 5.73 Å². The summed E-state index contributed by atoms with van der Waals surface area (Å²) in [5.41, 5.74) is 5.91. The molecule has 2 aliphatic heterocycles. The van der Waals surface area contributed by atoms with Crippen LogP contribution in [0.1, 0.15) is 52.4 Å². The first-order valence-electron chi connectivity index (χ1n) is 16.0. The summed E-state index contributed by atoms with van der Waals surface area (Å²) in [6.07, 6.45) is 4.94. The first-order chi connectivity index (χ1) is 22.7. The van der Waals surface area contributed by atoms with Gasteiger partial charge in [-0.3, -0.25) is 18.7 Å². The van der Waals surface area contributed by atoms with Crippen LogP contribution in [0, 0.1) is 0 Å². The van der Waals surface area contributed by atoms with Crippen molar-refractivity contribution in [3.63, 3.8) is 0 Å². The molecule has 3 aromatic rings. The monoisotopic (exact) mass is 672 g/mol. The van der Waals surface area contributed by atoms with Crippen LogP contribution in [0.4, 0.5) is 4.79 Å². The number of benzene rings is 1. The standard InChI is InChI=1S/C19H22N4O5.C12H22N4O2S/c1-3-9-22-17-15(18(26)23(10-4-2)19(22)27)20-16(21-17)12-5-7-13(8-6-12)28-11-14(24)25;13-5-6-14-10(17)4-2-1-3-9-11-8(7-19-9)15-12(18)16-11/h5-8H,3-4,9-11H2,1-2H3,(H,20,21)(H,24,25);8-9,11H,1-7,13H2,(H,14,17)(H2,15,16,18)/t;8-,9-,11-/m.0/s1. The molecule has 0 bridgehead atoms. The lowest BCUT2D eigenvalue weighted by atomic mass is 10.0. The number of unbranched alkanes of at least 4 members (excludes halogenated alkanes) is 1. The fourth-order valence-corrected chi connectivity index (χ4v) is 7.12. The summed E-state index contributed by atoms with van der Waals surface area (Å²) in [5.74, 6) is 0.883. The number of hydrogen-bond acceptors (Lipinski definition) is 9. The number of aryl methyl sites for hydroxylation is 1. The lowest BCUT2D eigenvalue weighted by Crippen LogP contribution is -2.40. The molecule has 1 aromatic carbocycles. The molecule has 0 radical (unpaired) electrons. The van der Waals surface area contributed by atoms with E-state index in [-0.39, 0.29) is 35.3 Å². The number of H-pyrrole nitrogens is 1. The number of imidazole rings is 1. The van der Waals surface area contributed by atoms with Crippen molar-refractivity contribution < 1.29 is 24.2 Å². The van der Waals surface area contributed by atoms with E-state index in [1.807, 2.05) is 25.6 Å². The number of aliphatic carboxylic acids is 1. The number of nitrogens with two attached hydrogens (primary N) is 1. The van der Waals surface area contributed by atoms with Gasteiger partial charge >= 0.3 is 17.7 Å². The number of aromatic nitrogens is 4. The van der Waals surface area contributed by atoms with Crippen molar-refractivity contribution >= 4 is 40.8 Å². The zero-order chi connectivity index (χ0) is 33.9. The van der Waals surface area contributed by atoms with Crippen LogP contribution in [0.5, 0.6) is 5.75 Å². The number of carboxylic acids is 1. The van der Waals surface area contributed by atoms with E-state index in [4.69, 9.17) is 15.6 Å². The maximum absolute atomic E-state index is 12.7. The first kappa shape index (κ1) is 35.5. The summed E-state index contributed by atoms with van der Waals surface area (Å²) < 4.78 is 7.88. The molecule has 2 aliphatic rings. The number of urea groups is 1. The molecule has 2 saturated heterocycles. The smallest absolute Gasteiger partial charge is 0.341 e. The first-order valence-corrected chi connectivity index (χ1v) is 17.0. The molecule has 0 saturated carbocycles. The van der Waals surface area contributed by atoms with Gasteiger partial charge < -0.3 is 36.5 Å². The third-order valence-corrected chi connectivity index (χ3v) is 9.30. The van der Waals surface area contributed by atoms with Gasteiger partial charge in [0.1, 0.15) is 17.1 Å². The Bertz CT molecular complexity index is 1650. The van der Waals surface area contributed by atoms with Crippen molar-refractivity contribution in [3.8, 4) is 17.1 Å². The number of carboxylic acid groups (broad SMARTS) is 1. The molecule has 0 spiro atoms. The third kappa shape index (κ3) is 9.16. The minimum atomic E-state index is -1.06. The predicted octanol–water partition coefficient (Wildman–Crippen LogP) is 1.62. The van der Waals surface area contributed by atoms with Crippen molar-refractivity contribution in [3.05, 3.63) is 45.1 Å². The number of nitrogens with zero attached hydrogens (tertiary/aromatic N) is 3. The molecule has 2 fully saturated rings. The summed E-state index contributed by atoms with van der Waals surface area (Å²) in [4.78, 5) is 66.2. The Balaban J connectivity index is 0.000000229. The molecular weight excluding hydrogens is 628 g/mol. The van der Waals surface area contributed by atoms with Crippen LogP contribution in [0.15, 0.2) is 33.9 Å². The Hall–Kier alpha value is -4.31. The van der Waals surface area contributed by atoms with Gasteiger partial charge in [-0.15, -0.1) is 0 Å². The lowest BCUT2D eigenvalue weighted by molar-refractivity contribution is -0.139. The summed E-state index contributed by atoms with van der Waals surface area (Å²) in [6.45, 7) is 5.29. The largest absolute Gasteiger partial charge is 0.482 e. The van der Waals surface area contributed by atoms with Gasteiger partial charge in [0.2, 0.25) is 5.91 Å². The second-order valence-corrected chi connectivity index (χ2v) is 12.7. The molecule has 5 rings (SSSR count). The van der Waals surface area contributed by atoms with Crippen LogP contribution >= 0.6 is 11.8 Å². The molecular formula is C31H44N8O7S. The number of rotatable bonds is 15. The van der Waals surface area contributed by atoms with E-state index < -0.39 is 12.6 Å². The zero-order valence-electron chi connectivity index (χ0n) is 26.8. The Kier molecular flexibility index (Phi) is 12.9. The van der Waals surface area contributed by atoms with Crippen molar-refractivity contribution in [1.82, 2.24) is 35.1 Å². The Labute approximate surface area is 276 Å². The number of amides is 3. The number of thioether (sulfide) groups is 1. The van der Waals surface area contributed by atoms with Crippen molar-refractivity contribution in [2.45, 2.75) is 82.8 Å². The van der Waals surface area contributed by atoms with E-state index in [1.54, 1.807) is 24.3 Å². The van der Waals surface area contributed by atoms with Gasteiger partial charge in [-0.05, 0) is 49.9 Å². The maximum Gasteiger partial charge on any atom is 0.341 e. The number of hydrogen-bond donors (Lipinski definition) is 6. The fourth-order valence-electron chi connectivity index (χ4n) is 5.58. The second-order valence-electron chi connectivity index (χ2n) is 11.4. The molecule has 47 heavy (non-hydrogen) atoms. The molecule has 256 valence electrons. The van der Waals surface area contributed by atoms with Gasteiger partial charge in [0, 0.05) is 49.2 Å². The number of carbonyl (C=O) groups is 3. The molecule has 3 atom stereocenters. The SMILES string of the molecule is CCCn1c(=O)c2[nH]c(-c3ccc(OCC(=O)O)cc3)nc2n(CCC)c1=O.NCCNC(=O)CCCC[C@@H]1SC[C@@H]2NC(=O)N[C@@H]21. The minimum Gasteiger partial charge on any atom is -0.482 e. The number of aromatic amines is 1. The van der Waals surface area contributed by atoms with Crippen LogP contribution in [0.2, 0.25) is 0 Å². The summed E-state index contributed by atoms with van der Waals surface area (Å²) in [5, 5.41) is 17.8. The highest BCUT2D eigenvalue weighted by atomic mass is 32.2. The van der Waals surface area contributed by atoms with Crippen LogP contribution in [-0.2, 0) is 22.7 Å². The van der Waals surface area contributed by atoms with Crippen LogP contribution < -0.4 is 37.7 Å². The van der Waals surface area contributed by atoms with E-state index >= 15 is 0 Å². The Morgan fingerprint density at radius 3 is 2.49 bits per heavy atom. The Morgan fingerprint density at radius 1 is 1.09 bits per heavy atom. The average molecular weight is 673 g/mol. The fraction of sp³-hybridized carbons (Fsp3) is 0.548. The number of carbonyl (C=O) groups excluding carboxylic acids is 2. The van der Waals surface area contributed by atoms with Crippen molar-refractivity contribution in [1.29, 1.82) is 0 Å². The zero-order valence-corrected chi connectivity index (χ0v) is 27.6. The molecule has 0 unspecified atom stereocenters. The van der Waals surface area contributed by atoms with Gasteiger partial charge in [0.25, 0.3) is 5.56 Å². The Morgan fingerprint density at radius 2 is 1.81 bits per heavy atom. The van der Waals surface area contributed by atoms with E-state index in [2.05, 4.69) is 25.9 Å². The molecule has 4 heterocycles. The van der Waals surface area contributed by atoms with Gasteiger partial charge in [-0.2, -0.15) is 11.8 Å². The summed E-state index contributed by atoms with van der Waals surface area (Å²) in [6, 6.07) is 7.18. The molecule has 0 aliphatic carbocycles. The van der Waals surface area contributed by atoms with Gasteiger partial charge in [-0.25, -0.2) is 19.4 Å². The molecule has 7 N–H and O–H groups in total. The normalized spacial score (nSPS) is 18.2. The van der Waals surface area contributed by atoms with Crippen molar-refractivity contribution in [2.75, 3.05) is 25.4 Å². The molecule has 2 aromatic heterocycles. The average Bonchev–Trinajstić information content (AvgIpc) is 3.77. The maximum atomic E-state index is 12.7. The highest BCUT2D eigenvalue weighted by Gasteiger charge is 2.42. The van der Waals surface area contributed by atoms with Gasteiger partial charge in [-0.1, -0.05) is 20.3 Å². The predicted molar refractivity (Wildman–Crippen MR) is 180 cm³/mol. The van der Waals surface area contributed by atoms with Crippen LogP contribution in [-0.4, -0.2) is 84.9 Å². The quantitative estimate of drug-likeness (QED) is 0.101. The summed E-state index contributed by atoms with van der Waals surface area (Å²) in [7, 11) is 0. The topological polar surface area (TPSA) is 215 Å². The minimum absolute atomic E-state index is 0.0403. The van der Waals surface area contributed by atoms with E-state index in [0.717, 1.165) is 31.4 Å². The molecule has 16 heteroatoms.